The van der Waals surface area contributed by atoms with Gasteiger partial charge in [-0.3, -0.25) is 4.79 Å². The van der Waals surface area contributed by atoms with Crippen LogP contribution in [0.1, 0.15) is 29.6 Å². The van der Waals surface area contributed by atoms with Gasteiger partial charge in [0, 0.05) is 23.8 Å². The van der Waals surface area contributed by atoms with Gasteiger partial charge in [0.05, 0.1) is 12.5 Å². The van der Waals surface area contributed by atoms with E-state index in [2.05, 4.69) is 6.07 Å². The van der Waals surface area contributed by atoms with Crippen molar-refractivity contribution in [1.29, 1.82) is 5.26 Å². The summed E-state index contributed by atoms with van der Waals surface area (Å²) in [5, 5.41) is 8.63. The second-order valence-electron chi connectivity index (χ2n) is 4.15. The van der Waals surface area contributed by atoms with Crippen molar-refractivity contribution in [2.24, 2.45) is 0 Å². The zero-order chi connectivity index (χ0) is 12.3. The maximum atomic E-state index is 13.0. The highest BCUT2D eigenvalue weighted by atomic mass is 19.1. The summed E-state index contributed by atoms with van der Waals surface area (Å²) in [5.74, 6) is -0.410. The predicted molar refractivity (Wildman–Crippen MR) is 62.4 cm³/mol. The molecule has 1 aliphatic rings. The van der Waals surface area contributed by atoms with Crippen LogP contribution in [-0.2, 0) is 0 Å². The Morgan fingerprint density at radius 1 is 1.53 bits per heavy atom. The van der Waals surface area contributed by atoms with E-state index >= 15 is 0 Å². The third-order valence-corrected chi connectivity index (χ3v) is 2.88. The van der Waals surface area contributed by atoms with Crippen molar-refractivity contribution in [3.05, 3.63) is 29.6 Å². The third kappa shape index (κ3) is 2.62. The van der Waals surface area contributed by atoms with E-state index in [1.165, 1.54) is 12.1 Å². The normalized spacial score (nSPS) is 14.1. The third-order valence-electron chi connectivity index (χ3n) is 2.88. The molecule has 1 saturated carbocycles. The van der Waals surface area contributed by atoms with Crippen molar-refractivity contribution in [3.8, 4) is 6.07 Å². The van der Waals surface area contributed by atoms with Gasteiger partial charge in [-0.25, -0.2) is 4.39 Å². The highest BCUT2D eigenvalue weighted by molar-refractivity contribution is 5.84. The van der Waals surface area contributed by atoms with Gasteiger partial charge in [-0.1, -0.05) is 0 Å². The van der Waals surface area contributed by atoms with E-state index in [1.54, 1.807) is 6.07 Å². The lowest BCUT2D eigenvalue weighted by atomic mass is 10.1. The van der Waals surface area contributed by atoms with E-state index in [9.17, 15) is 9.18 Å². The molecule has 0 amide bonds. The summed E-state index contributed by atoms with van der Waals surface area (Å²) < 4.78 is 13.0. The van der Waals surface area contributed by atoms with E-state index in [1.807, 2.05) is 4.90 Å². The highest BCUT2D eigenvalue weighted by Crippen LogP contribution is 2.33. The van der Waals surface area contributed by atoms with Crippen molar-refractivity contribution in [3.63, 3.8) is 0 Å². The van der Waals surface area contributed by atoms with E-state index in [-0.39, 0.29) is 0 Å². The standard InChI is InChI=1S/C13H13FN2O/c14-11-2-5-13(10(8-11)9-17)16(7-1-6-15)12-3-4-12/h2,5,8-9,12H,1,3-4,7H2. The van der Waals surface area contributed by atoms with Gasteiger partial charge in [-0.15, -0.1) is 0 Å². The number of anilines is 1. The first-order valence-corrected chi connectivity index (χ1v) is 5.64. The molecule has 0 N–H and O–H groups in total. The van der Waals surface area contributed by atoms with Crippen molar-refractivity contribution in [1.82, 2.24) is 0 Å². The van der Waals surface area contributed by atoms with Crippen LogP contribution in [0.25, 0.3) is 0 Å². The number of aldehydes is 1. The predicted octanol–water partition coefficient (Wildman–Crippen LogP) is 2.52. The van der Waals surface area contributed by atoms with Gasteiger partial charge < -0.3 is 4.90 Å². The molecule has 0 radical (unpaired) electrons. The van der Waals surface area contributed by atoms with Crippen LogP contribution in [0.3, 0.4) is 0 Å². The fourth-order valence-electron chi connectivity index (χ4n) is 1.94. The first kappa shape index (κ1) is 11.6. The minimum Gasteiger partial charge on any atom is -0.367 e. The molecule has 1 aliphatic carbocycles. The first-order chi connectivity index (χ1) is 8.26. The molecule has 0 spiro atoms. The second kappa shape index (κ2) is 4.96. The van der Waals surface area contributed by atoms with Crippen molar-refractivity contribution in [2.75, 3.05) is 11.4 Å². The molecule has 0 aromatic heterocycles. The van der Waals surface area contributed by atoms with E-state index < -0.39 is 5.82 Å². The van der Waals surface area contributed by atoms with Gasteiger partial charge >= 0.3 is 0 Å². The van der Waals surface area contributed by atoms with Crippen LogP contribution in [0.15, 0.2) is 18.2 Å². The lowest BCUT2D eigenvalue weighted by Crippen LogP contribution is -2.27. The summed E-state index contributed by atoms with van der Waals surface area (Å²) in [6.07, 6.45) is 3.22. The Hall–Kier alpha value is -1.89. The fourth-order valence-corrected chi connectivity index (χ4v) is 1.94. The SMILES string of the molecule is N#CCCN(c1ccc(F)cc1C=O)C1CC1. The van der Waals surface area contributed by atoms with Crippen molar-refractivity contribution >= 4 is 12.0 Å². The molecule has 4 heteroatoms. The number of rotatable bonds is 5. The van der Waals surface area contributed by atoms with Crippen LogP contribution in [0.5, 0.6) is 0 Å². The molecule has 0 aliphatic heterocycles. The Balaban J connectivity index is 2.28. The minimum atomic E-state index is -0.410. The molecule has 0 heterocycles. The van der Waals surface area contributed by atoms with Gasteiger partial charge in [-0.2, -0.15) is 5.26 Å². The van der Waals surface area contributed by atoms with Gasteiger partial charge in [0.1, 0.15) is 5.82 Å². The number of hydrogen-bond acceptors (Lipinski definition) is 3. The molecular formula is C13H13FN2O. The molecule has 0 unspecified atom stereocenters. The average molecular weight is 232 g/mol. The maximum Gasteiger partial charge on any atom is 0.152 e. The number of nitriles is 1. The lowest BCUT2D eigenvalue weighted by molar-refractivity contribution is 0.112. The largest absolute Gasteiger partial charge is 0.367 e. The van der Waals surface area contributed by atoms with Gasteiger partial charge in [-0.05, 0) is 31.0 Å². The molecule has 1 aromatic carbocycles. The Morgan fingerprint density at radius 2 is 2.29 bits per heavy atom. The van der Waals surface area contributed by atoms with Crippen LogP contribution in [0.2, 0.25) is 0 Å². The van der Waals surface area contributed by atoms with E-state index in [4.69, 9.17) is 5.26 Å². The fraction of sp³-hybridized carbons (Fsp3) is 0.385. The van der Waals surface area contributed by atoms with Gasteiger partial charge in [0.25, 0.3) is 0 Å². The molecular weight excluding hydrogens is 219 g/mol. The number of carbonyl (C=O) groups is 1. The van der Waals surface area contributed by atoms with E-state index in [0.717, 1.165) is 18.5 Å². The number of halogens is 1. The van der Waals surface area contributed by atoms with Gasteiger partial charge in [0.2, 0.25) is 0 Å². The molecule has 88 valence electrons. The molecule has 1 fully saturated rings. The zero-order valence-electron chi connectivity index (χ0n) is 9.40. The quantitative estimate of drug-likeness (QED) is 0.733. The molecule has 0 saturated heterocycles. The monoisotopic (exact) mass is 232 g/mol. The molecule has 2 rings (SSSR count). The Morgan fingerprint density at radius 3 is 2.88 bits per heavy atom. The van der Waals surface area contributed by atoms with Crippen LogP contribution in [0.4, 0.5) is 10.1 Å². The molecule has 0 atom stereocenters. The van der Waals surface area contributed by atoms with Gasteiger partial charge in [0.15, 0.2) is 6.29 Å². The van der Waals surface area contributed by atoms with Crippen molar-refractivity contribution in [2.45, 2.75) is 25.3 Å². The Bertz CT molecular complexity index is 463. The van der Waals surface area contributed by atoms with Crippen LogP contribution < -0.4 is 4.90 Å². The topological polar surface area (TPSA) is 44.1 Å². The summed E-state index contributed by atoms with van der Waals surface area (Å²) in [4.78, 5) is 13.0. The summed E-state index contributed by atoms with van der Waals surface area (Å²) >= 11 is 0. The summed E-state index contributed by atoms with van der Waals surface area (Å²) in [6, 6.07) is 6.70. The first-order valence-electron chi connectivity index (χ1n) is 5.64. The number of hydrogen-bond donors (Lipinski definition) is 0. The second-order valence-corrected chi connectivity index (χ2v) is 4.15. The number of benzene rings is 1. The number of nitrogens with zero attached hydrogens (tertiary/aromatic N) is 2. The summed E-state index contributed by atoms with van der Waals surface area (Å²) in [6.45, 7) is 0.591. The average Bonchev–Trinajstić information content (AvgIpc) is 3.15. The highest BCUT2D eigenvalue weighted by Gasteiger charge is 2.30. The minimum absolute atomic E-state index is 0.356. The number of carbonyl (C=O) groups excluding carboxylic acids is 1. The van der Waals surface area contributed by atoms with Crippen molar-refractivity contribution < 1.29 is 9.18 Å². The lowest BCUT2D eigenvalue weighted by Gasteiger charge is -2.24. The van der Waals surface area contributed by atoms with Crippen LogP contribution in [-0.4, -0.2) is 18.9 Å². The smallest absolute Gasteiger partial charge is 0.152 e. The summed E-state index contributed by atoms with van der Waals surface area (Å²) in [7, 11) is 0. The molecule has 17 heavy (non-hydrogen) atoms. The zero-order valence-corrected chi connectivity index (χ0v) is 9.40. The molecule has 3 nitrogen and oxygen atoms in total. The molecule has 0 bridgehead atoms. The maximum absolute atomic E-state index is 13.0. The molecule has 1 aromatic rings. The Labute approximate surface area is 99.5 Å². The summed E-state index contributed by atoms with van der Waals surface area (Å²) in [5.41, 5.74) is 1.09. The van der Waals surface area contributed by atoms with E-state index in [0.29, 0.717) is 30.9 Å². The van der Waals surface area contributed by atoms with Crippen LogP contribution in [0, 0.1) is 17.1 Å². The van der Waals surface area contributed by atoms with Crippen LogP contribution >= 0.6 is 0 Å². The Kier molecular flexibility index (Phi) is 3.38.